The Morgan fingerprint density at radius 2 is 1.71 bits per heavy atom. The summed E-state index contributed by atoms with van der Waals surface area (Å²) in [4.78, 5) is 36.5. The van der Waals surface area contributed by atoms with Gasteiger partial charge in [0.25, 0.3) is 5.92 Å². The number of nitrogens with zero attached hydrogens (tertiary/aromatic N) is 1. The molecule has 1 aliphatic heterocycles. The van der Waals surface area contributed by atoms with E-state index in [0.717, 1.165) is 27.2 Å². The number of benzene rings is 2. The van der Waals surface area contributed by atoms with Crippen LogP contribution in [0.1, 0.15) is 36.8 Å². The van der Waals surface area contributed by atoms with Crippen molar-refractivity contribution in [3.8, 4) is 11.1 Å². The lowest BCUT2D eigenvalue weighted by molar-refractivity contribution is -0.151. The van der Waals surface area contributed by atoms with Gasteiger partial charge in [-0.25, -0.2) is 13.6 Å². The van der Waals surface area contributed by atoms with Crippen molar-refractivity contribution in [2.75, 3.05) is 19.7 Å². The summed E-state index contributed by atoms with van der Waals surface area (Å²) >= 11 is 0. The number of carboxylic acid groups (broad SMARTS) is 1. The predicted molar refractivity (Wildman–Crippen MR) is 120 cm³/mol. The molecule has 1 saturated heterocycles. The number of aliphatic carboxylic acids is 1. The van der Waals surface area contributed by atoms with Crippen molar-refractivity contribution in [2.24, 2.45) is 5.92 Å². The van der Waals surface area contributed by atoms with Crippen molar-refractivity contribution in [3.05, 3.63) is 59.7 Å². The number of ether oxygens (including phenoxy) is 1. The van der Waals surface area contributed by atoms with Crippen LogP contribution >= 0.6 is 0 Å². The van der Waals surface area contributed by atoms with E-state index in [0.29, 0.717) is 0 Å². The van der Waals surface area contributed by atoms with Gasteiger partial charge in [-0.05, 0) is 35.6 Å². The van der Waals surface area contributed by atoms with E-state index in [2.05, 4.69) is 5.32 Å². The van der Waals surface area contributed by atoms with Crippen LogP contribution in [0.2, 0.25) is 0 Å². The van der Waals surface area contributed by atoms with Crippen LogP contribution in [-0.2, 0) is 14.3 Å². The van der Waals surface area contributed by atoms with Crippen molar-refractivity contribution >= 4 is 18.0 Å². The molecule has 2 unspecified atom stereocenters. The molecule has 0 bridgehead atoms. The molecule has 0 spiro atoms. The highest BCUT2D eigenvalue weighted by molar-refractivity contribution is 5.80. The van der Waals surface area contributed by atoms with Gasteiger partial charge in [-0.3, -0.25) is 9.59 Å². The maximum atomic E-state index is 13.8. The quantitative estimate of drug-likeness (QED) is 0.638. The Labute approximate surface area is 195 Å². The molecule has 4 rings (SSSR count). The van der Waals surface area contributed by atoms with E-state index in [-0.39, 0.29) is 25.4 Å². The minimum atomic E-state index is -3.45. The number of amides is 2. The number of carboxylic acids is 1. The molecule has 0 saturated carbocycles. The summed E-state index contributed by atoms with van der Waals surface area (Å²) in [5.74, 6) is -7.61. The maximum absolute atomic E-state index is 13.8. The molecule has 1 aliphatic carbocycles. The van der Waals surface area contributed by atoms with Gasteiger partial charge in [-0.15, -0.1) is 0 Å². The number of halogens is 2. The first kappa shape index (κ1) is 23.7. The Morgan fingerprint density at radius 3 is 2.26 bits per heavy atom. The normalized spacial score (nSPS) is 19.3. The minimum absolute atomic E-state index is 0.0750. The van der Waals surface area contributed by atoms with Crippen molar-refractivity contribution in [1.29, 1.82) is 0 Å². The average molecular weight is 472 g/mol. The first-order valence-electron chi connectivity index (χ1n) is 11.2. The molecule has 1 fully saturated rings. The van der Waals surface area contributed by atoms with Crippen LogP contribution < -0.4 is 5.32 Å². The first-order chi connectivity index (χ1) is 16.2. The third-order valence-electron chi connectivity index (χ3n) is 6.46. The van der Waals surface area contributed by atoms with E-state index in [1.165, 1.54) is 0 Å². The number of nitrogens with one attached hydrogen (secondary N) is 1. The predicted octanol–water partition coefficient (Wildman–Crippen LogP) is 3.87. The molecule has 7 nitrogen and oxygen atoms in total. The lowest BCUT2D eigenvalue weighted by atomic mass is 9.98. The largest absolute Gasteiger partial charge is 0.481 e. The number of rotatable bonds is 7. The van der Waals surface area contributed by atoms with Gasteiger partial charge < -0.3 is 20.1 Å². The third kappa shape index (κ3) is 4.73. The van der Waals surface area contributed by atoms with E-state index in [1.54, 1.807) is 6.92 Å². The topological polar surface area (TPSA) is 95.9 Å². The van der Waals surface area contributed by atoms with Gasteiger partial charge in [0.05, 0.1) is 6.54 Å². The van der Waals surface area contributed by atoms with Crippen molar-refractivity contribution in [2.45, 2.75) is 37.6 Å². The molecule has 0 radical (unpaired) electrons. The number of carbonyl (C=O) groups excluding carboxylic acids is 2. The van der Waals surface area contributed by atoms with Gasteiger partial charge in [-0.2, -0.15) is 0 Å². The van der Waals surface area contributed by atoms with Gasteiger partial charge in [0.2, 0.25) is 5.91 Å². The Kier molecular flexibility index (Phi) is 6.54. The van der Waals surface area contributed by atoms with Crippen LogP contribution in [0.5, 0.6) is 0 Å². The van der Waals surface area contributed by atoms with Gasteiger partial charge >= 0.3 is 12.1 Å². The van der Waals surface area contributed by atoms with Crippen LogP contribution in [0, 0.1) is 5.92 Å². The monoisotopic (exact) mass is 472 g/mol. The average Bonchev–Trinajstić information content (AvgIpc) is 3.30. The summed E-state index contributed by atoms with van der Waals surface area (Å²) in [6, 6.07) is 15.5. The lowest BCUT2D eigenvalue weighted by Gasteiger charge is -2.19. The number of alkyl halides is 2. The fourth-order valence-electron chi connectivity index (χ4n) is 4.64. The molecule has 34 heavy (non-hydrogen) atoms. The number of likely N-dealkylation sites (tertiary alicyclic amines) is 1. The number of hydrogen-bond acceptors (Lipinski definition) is 4. The van der Waals surface area contributed by atoms with Gasteiger partial charge in [0.15, 0.2) is 0 Å². The number of hydrogen-bond donors (Lipinski definition) is 2. The molecule has 180 valence electrons. The van der Waals surface area contributed by atoms with Crippen molar-refractivity contribution < 1.29 is 33.0 Å². The van der Waals surface area contributed by atoms with E-state index in [4.69, 9.17) is 9.84 Å². The molecule has 2 amide bonds. The minimum Gasteiger partial charge on any atom is -0.481 e. The molecule has 0 aromatic heterocycles. The standard InChI is InChI=1S/C25H26F2N2O5/c1-15(10-11-22(30)29-12-21(23(31)32)25(26,27)14-29)28-24(33)34-13-20-18-8-4-2-6-16(18)17-7-3-5-9-19(17)20/h2-9,15,20-21H,10-14H2,1H3,(H,28,33)(H,31,32). The summed E-state index contributed by atoms with van der Waals surface area (Å²) in [5.41, 5.74) is 4.43. The highest BCUT2D eigenvalue weighted by Crippen LogP contribution is 2.44. The Balaban J connectivity index is 1.26. The lowest BCUT2D eigenvalue weighted by Crippen LogP contribution is -2.36. The van der Waals surface area contributed by atoms with Crippen LogP contribution in [0.4, 0.5) is 13.6 Å². The van der Waals surface area contributed by atoms with Gasteiger partial charge in [-0.1, -0.05) is 48.5 Å². The van der Waals surface area contributed by atoms with E-state index < -0.39 is 48.9 Å². The maximum Gasteiger partial charge on any atom is 0.407 e. The zero-order chi connectivity index (χ0) is 24.5. The van der Waals surface area contributed by atoms with Crippen LogP contribution in [0.25, 0.3) is 11.1 Å². The Morgan fingerprint density at radius 1 is 1.12 bits per heavy atom. The zero-order valence-corrected chi connectivity index (χ0v) is 18.7. The van der Waals surface area contributed by atoms with Crippen molar-refractivity contribution in [3.63, 3.8) is 0 Å². The summed E-state index contributed by atoms with van der Waals surface area (Å²) in [5, 5.41) is 11.6. The second-order valence-corrected chi connectivity index (χ2v) is 8.84. The third-order valence-corrected chi connectivity index (χ3v) is 6.46. The summed E-state index contributed by atoms with van der Waals surface area (Å²) in [7, 11) is 0. The second kappa shape index (κ2) is 9.40. The molecule has 2 aromatic rings. The van der Waals surface area contributed by atoms with Crippen LogP contribution in [-0.4, -0.2) is 59.6 Å². The van der Waals surface area contributed by atoms with E-state index in [9.17, 15) is 23.2 Å². The van der Waals surface area contributed by atoms with Crippen molar-refractivity contribution in [1.82, 2.24) is 10.2 Å². The highest BCUT2D eigenvalue weighted by Gasteiger charge is 2.53. The molecule has 2 aromatic carbocycles. The molecule has 2 atom stereocenters. The smallest absolute Gasteiger partial charge is 0.407 e. The molecule has 2 N–H and O–H groups in total. The molecule has 9 heteroatoms. The molecular formula is C25H26F2N2O5. The fraction of sp³-hybridized carbons (Fsp3) is 0.400. The summed E-state index contributed by atoms with van der Waals surface area (Å²) < 4.78 is 33.1. The number of fused-ring (bicyclic) bond motifs is 3. The highest BCUT2D eigenvalue weighted by atomic mass is 19.3. The molecular weight excluding hydrogens is 446 g/mol. The Hall–Kier alpha value is -3.49. The van der Waals surface area contributed by atoms with Gasteiger partial charge in [0, 0.05) is 24.9 Å². The number of carbonyl (C=O) groups is 3. The Bertz CT molecular complexity index is 1060. The number of alkyl carbamates (subject to hydrolysis) is 1. The fourth-order valence-corrected chi connectivity index (χ4v) is 4.64. The first-order valence-corrected chi connectivity index (χ1v) is 11.2. The van der Waals surface area contributed by atoms with Gasteiger partial charge in [0.1, 0.15) is 12.5 Å². The van der Waals surface area contributed by atoms with Crippen LogP contribution in [0.15, 0.2) is 48.5 Å². The molecule has 2 aliphatic rings. The zero-order valence-electron chi connectivity index (χ0n) is 18.7. The van der Waals surface area contributed by atoms with E-state index in [1.807, 2.05) is 48.5 Å². The second-order valence-electron chi connectivity index (χ2n) is 8.84. The molecule has 1 heterocycles. The van der Waals surface area contributed by atoms with Crippen LogP contribution in [0.3, 0.4) is 0 Å². The summed E-state index contributed by atoms with van der Waals surface area (Å²) in [6.45, 7) is 0.421. The van der Waals surface area contributed by atoms with E-state index >= 15 is 0 Å². The summed E-state index contributed by atoms with van der Waals surface area (Å²) in [6.07, 6.45) is -0.503. The SMILES string of the molecule is CC(CCC(=O)N1CC(C(=O)O)C(F)(F)C1)NC(=O)OCC1c2ccccc2-c2ccccc21.